The predicted octanol–water partition coefficient (Wildman–Crippen LogP) is 2.65. The van der Waals surface area contributed by atoms with Crippen LogP contribution in [0.25, 0.3) is 10.7 Å². The van der Waals surface area contributed by atoms with Crippen molar-refractivity contribution in [2.75, 3.05) is 0 Å². The molecule has 0 aliphatic heterocycles. The lowest BCUT2D eigenvalue weighted by Gasteiger charge is -2.06. The molecule has 19 heavy (non-hydrogen) atoms. The van der Waals surface area contributed by atoms with Crippen molar-refractivity contribution in [3.8, 4) is 10.7 Å². The van der Waals surface area contributed by atoms with E-state index in [1.165, 1.54) is 11.3 Å². The van der Waals surface area contributed by atoms with Crippen LogP contribution in [0.3, 0.4) is 0 Å². The molecule has 0 bridgehead atoms. The third kappa shape index (κ3) is 2.52. The Labute approximate surface area is 115 Å². The number of aromatic nitrogens is 3. The van der Waals surface area contributed by atoms with Crippen LogP contribution in [0.4, 0.5) is 0 Å². The van der Waals surface area contributed by atoms with Gasteiger partial charge in [0.25, 0.3) is 0 Å². The Morgan fingerprint density at radius 2 is 1.74 bits per heavy atom. The molecule has 0 amide bonds. The van der Waals surface area contributed by atoms with E-state index < -0.39 is 0 Å². The fourth-order valence-corrected chi connectivity index (χ4v) is 2.61. The molecule has 0 saturated carbocycles. The molecule has 0 aliphatic rings. The molecule has 2 aromatic heterocycles. The van der Waals surface area contributed by atoms with Gasteiger partial charge >= 0.3 is 0 Å². The highest BCUT2D eigenvalue weighted by Crippen LogP contribution is 2.27. The number of nitrogens with two attached hydrogens (primary N) is 1. The maximum absolute atomic E-state index is 6.20. The molecule has 1 aromatic carbocycles. The summed E-state index contributed by atoms with van der Waals surface area (Å²) in [5, 5.41) is 9.92. The summed E-state index contributed by atoms with van der Waals surface area (Å²) in [6.07, 6.45) is 1.74. The van der Waals surface area contributed by atoms with Gasteiger partial charge in [0, 0.05) is 6.20 Å². The third-order valence-electron chi connectivity index (χ3n) is 2.75. The summed E-state index contributed by atoms with van der Waals surface area (Å²) in [7, 11) is 0. The molecule has 2 N–H and O–H groups in total. The van der Waals surface area contributed by atoms with Gasteiger partial charge in [-0.2, -0.15) is 0 Å². The Hall–Kier alpha value is -2.11. The maximum atomic E-state index is 6.20. The highest BCUT2D eigenvalue weighted by atomic mass is 32.1. The van der Waals surface area contributed by atoms with Crippen molar-refractivity contribution < 1.29 is 0 Å². The van der Waals surface area contributed by atoms with Crippen molar-refractivity contribution >= 4 is 11.3 Å². The van der Waals surface area contributed by atoms with Crippen LogP contribution in [0, 0.1) is 0 Å². The summed E-state index contributed by atoms with van der Waals surface area (Å²) in [4.78, 5) is 4.26. The van der Waals surface area contributed by atoms with Gasteiger partial charge in [0.1, 0.15) is 10.7 Å². The van der Waals surface area contributed by atoms with Gasteiger partial charge in [0.2, 0.25) is 0 Å². The zero-order valence-electron chi connectivity index (χ0n) is 10.1. The summed E-state index contributed by atoms with van der Waals surface area (Å²) in [5.74, 6) is 0. The van der Waals surface area contributed by atoms with E-state index in [9.17, 15) is 0 Å². The molecule has 0 fully saturated rings. The normalized spacial score (nSPS) is 12.3. The molecule has 0 radical (unpaired) electrons. The number of rotatable bonds is 3. The number of pyridine rings is 1. The zero-order valence-corrected chi connectivity index (χ0v) is 10.9. The number of hydrogen-bond acceptors (Lipinski definition) is 5. The molecular weight excluding hydrogens is 256 g/mol. The van der Waals surface area contributed by atoms with Crippen LogP contribution >= 0.6 is 11.3 Å². The van der Waals surface area contributed by atoms with Crippen LogP contribution in [-0.4, -0.2) is 15.2 Å². The first-order valence-electron chi connectivity index (χ1n) is 5.90. The smallest absolute Gasteiger partial charge is 0.166 e. The van der Waals surface area contributed by atoms with Crippen LogP contribution in [-0.2, 0) is 0 Å². The quantitative estimate of drug-likeness (QED) is 0.793. The fourth-order valence-electron chi connectivity index (χ4n) is 1.76. The second-order valence-corrected chi connectivity index (χ2v) is 5.06. The van der Waals surface area contributed by atoms with Crippen molar-refractivity contribution in [3.05, 3.63) is 65.3 Å². The monoisotopic (exact) mass is 268 g/mol. The summed E-state index contributed by atoms with van der Waals surface area (Å²) >= 11 is 1.48. The van der Waals surface area contributed by atoms with E-state index in [-0.39, 0.29) is 6.04 Å². The van der Waals surface area contributed by atoms with Gasteiger partial charge in [-0.1, -0.05) is 47.7 Å². The van der Waals surface area contributed by atoms with Crippen molar-refractivity contribution in [3.63, 3.8) is 0 Å². The van der Waals surface area contributed by atoms with Crippen LogP contribution < -0.4 is 5.73 Å². The van der Waals surface area contributed by atoms with E-state index in [4.69, 9.17) is 5.73 Å². The van der Waals surface area contributed by atoms with Crippen molar-refractivity contribution in [2.24, 2.45) is 5.73 Å². The Morgan fingerprint density at radius 3 is 2.47 bits per heavy atom. The van der Waals surface area contributed by atoms with E-state index >= 15 is 0 Å². The SMILES string of the molecule is NC(c1ccccc1)c1nnc(-c2ccccn2)s1. The average molecular weight is 268 g/mol. The van der Waals surface area contributed by atoms with Crippen LogP contribution in [0.2, 0.25) is 0 Å². The van der Waals surface area contributed by atoms with E-state index in [1.54, 1.807) is 6.20 Å². The van der Waals surface area contributed by atoms with Crippen LogP contribution in [0.5, 0.6) is 0 Å². The van der Waals surface area contributed by atoms with Crippen LogP contribution in [0.1, 0.15) is 16.6 Å². The van der Waals surface area contributed by atoms with Gasteiger partial charge in [-0.15, -0.1) is 10.2 Å². The van der Waals surface area contributed by atoms with E-state index in [1.807, 2.05) is 48.5 Å². The Morgan fingerprint density at radius 1 is 0.947 bits per heavy atom. The van der Waals surface area contributed by atoms with Crippen LogP contribution in [0.15, 0.2) is 54.7 Å². The van der Waals surface area contributed by atoms with Gasteiger partial charge in [-0.3, -0.25) is 4.98 Å². The van der Waals surface area contributed by atoms with E-state index in [0.717, 1.165) is 21.3 Å². The summed E-state index contributed by atoms with van der Waals surface area (Å²) in [5.41, 5.74) is 8.05. The van der Waals surface area contributed by atoms with E-state index in [0.29, 0.717) is 0 Å². The van der Waals surface area contributed by atoms with E-state index in [2.05, 4.69) is 15.2 Å². The number of benzene rings is 1. The van der Waals surface area contributed by atoms with Gasteiger partial charge in [0.05, 0.1) is 6.04 Å². The maximum Gasteiger partial charge on any atom is 0.166 e. The molecule has 1 unspecified atom stereocenters. The molecule has 1 atom stereocenters. The highest BCUT2D eigenvalue weighted by Gasteiger charge is 2.15. The standard InChI is InChI=1S/C14H12N4S/c15-12(10-6-2-1-3-7-10)14-18-17-13(19-14)11-8-4-5-9-16-11/h1-9,12H,15H2. The average Bonchev–Trinajstić information content (AvgIpc) is 2.98. The molecule has 0 saturated heterocycles. The summed E-state index contributed by atoms with van der Waals surface area (Å²) in [6, 6.07) is 15.4. The number of nitrogens with zero attached hydrogens (tertiary/aromatic N) is 3. The minimum atomic E-state index is -0.240. The summed E-state index contributed by atoms with van der Waals surface area (Å²) < 4.78 is 0. The second kappa shape index (κ2) is 5.26. The van der Waals surface area contributed by atoms with Gasteiger partial charge < -0.3 is 5.73 Å². The molecular formula is C14H12N4S. The zero-order chi connectivity index (χ0) is 13.1. The molecule has 0 spiro atoms. The second-order valence-electron chi connectivity index (χ2n) is 4.05. The lowest BCUT2D eigenvalue weighted by Crippen LogP contribution is -2.11. The van der Waals surface area contributed by atoms with Gasteiger partial charge in [-0.25, -0.2) is 0 Å². The molecule has 2 heterocycles. The fraction of sp³-hybridized carbons (Fsp3) is 0.0714. The van der Waals surface area contributed by atoms with Crippen molar-refractivity contribution in [1.29, 1.82) is 0 Å². The molecule has 3 rings (SSSR count). The molecule has 4 nitrogen and oxygen atoms in total. The Kier molecular flexibility index (Phi) is 3.31. The third-order valence-corrected chi connectivity index (χ3v) is 3.78. The minimum absolute atomic E-state index is 0.240. The first-order chi connectivity index (χ1) is 9.34. The summed E-state index contributed by atoms with van der Waals surface area (Å²) in [6.45, 7) is 0. The minimum Gasteiger partial charge on any atom is -0.318 e. The largest absolute Gasteiger partial charge is 0.318 e. The lowest BCUT2D eigenvalue weighted by atomic mass is 10.1. The van der Waals surface area contributed by atoms with Gasteiger partial charge in [0.15, 0.2) is 5.01 Å². The molecule has 3 aromatic rings. The Balaban J connectivity index is 1.90. The number of hydrogen-bond donors (Lipinski definition) is 1. The topological polar surface area (TPSA) is 64.7 Å². The lowest BCUT2D eigenvalue weighted by molar-refractivity contribution is 0.830. The predicted molar refractivity (Wildman–Crippen MR) is 75.6 cm³/mol. The van der Waals surface area contributed by atoms with Crippen molar-refractivity contribution in [1.82, 2.24) is 15.2 Å². The molecule has 0 aliphatic carbocycles. The first-order valence-corrected chi connectivity index (χ1v) is 6.71. The molecule has 94 valence electrons. The van der Waals surface area contributed by atoms with Gasteiger partial charge in [-0.05, 0) is 17.7 Å². The Bertz CT molecular complexity index is 651. The van der Waals surface area contributed by atoms with Crippen molar-refractivity contribution in [2.45, 2.75) is 6.04 Å². The first kappa shape index (κ1) is 12.0. The highest BCUT2D eigenvalue weighted by molar-refractivity contribution is 7.14. The molecule has 5 heteroatoms.